The van der Waals surface area contributed by atoms with Crippen molar-refractivity contribution in [3.63, 3.8) is 0 Å². The minimum absolute atomic E-state index is 0.0441. The van der Waals surface area contributed by atoms with Crippen molar-refractivity contribution in [3.8, 4) is 39.9 Å². The standard InChI is InChI=1S/C16H17BrO5/c1-19-10-7-11(17)15(12(8-10)20-2)9-5-13(21-3)16(18)14(6-9)22-4/h5-8,18H,1-4H3. The Morgan fingerprint density at radius 2 is 1.32 bits per heavy atom. The maximum absolute atomic E-state index is 10.0. The van der Waals surface area contributed by atoms with Gasteiger partial charge in [-0.15, -0.1) is 0 Å². The van der Waals surface area contributed by atoms with Crippen LogP contribution in [0.5, 0.6) is 28.7 Å². The molecule has 0 spiro atoms. The predicted molar refractivity (Wildman–Crippen MR) is 87.5 cm³/mol. The van der Waals surface area contributed by atoms with Crippen LogP contribution in [-0.4, -0.2) is 33.5 Å². The summed E-state index contributed by atoms with van der Waals surface area (Å²) in [6.07, 6.45) is 0. The number of hydrogen-bond donors (Lipinski definition) is 1. The summed E-state index contributed by atoms with van der Waals surface area (Å²) in [5, 5.41) is 10.0. The summed E-state index contributed by atoms with van der Waals surface area (Å²) in [6, 6.07) is 7.05. The maximum Gasteiger partial charge on any atom is 0.200 e. The third kappa shape index (κ3) is 2.92. The zero-order valence-corrected chi connectivity index (χ0v) is 14.4. The summed E-state index contributed by atoms with van der Waals surface area (Å²) in [6.45, 7) is 0. The van der Waals surface area contributed by atoms with Crippen LogP contribution >= 0.6 is 15.9 Å². The van der Waals surface area contributed by atoms with E-state index in [9.17, 15) is 5.11 Å². The van der Waals surface area contributed by atoms with Gasteiger partial charge in [0.2, 0.25) is 5.75 Å². The predicted octanol–water partition coefficient (Wildman–Crippen LogP) is 3.86. The van der Waals surface area contributed by atoms with E-state index in [1.165, 1.54) is 14.2 Å². The van der Waals surface area contributed by atoms with Crippen molar-refractivity contribution in [2.45, 2.75) is 0 Å². The van der Waals surface area contributed by atoms with Crippen LogP contribution < -0.4 is 18.9 Å². The van der Waals surface area contributed by atoms with E-state index in [-0.39, 0.29) is 5.75 Å². The Balaban J connectivity index is 2.71. The topological polar surface area (TPSA) is 57.2 Å². The Bertz CT molecular complexity index is 659. The second-order valence-corrected chi connectivity index (χ2v) is 5.27. The quantitative estimate of drug-likeness (QED) is 0.868. The van der Waals surface area contributed by atoms with Gasteiger partial charge in [0.05, 0.1) is 28.4 Å². The number of halogens is 1. The number of benzene rings is 2. The Labute approximate surface area is 137 Å². The van der Waals surface area contributed by atoms with Gasteiger partial charge in [0.25, 0.3) is 0 Å². The molecule has 22 heavy (non-hydrogen) atoms. The van der Waals surface area contributed by atoms with Crippen LogP contribution in [0, 0.1) is 0 Å². The van der Waals surface area contributed by atoms with Crippen molar-refractivity contribution in [2.24, 2.45) is 0 Å². The molecule has 0 aliphatic heterocycles. The van der Waals surface area contributed by atoms with Gasteiger partial charge in [0.1, 0.15) is 11.5 Å². The molecule has 0 saturated carbocycles. The fraction of sp³-hybridized carbons (Fsp3) is 0.250. The molecule has 0 bridgehead atoms. The van der Waals surface area contributed by atoms with E-state index in [1.807, 2.05) is 6.07 Å². The van der Waals surface area contributed by atoms with Crippen LogP contribution in [0.2, 0.25) is 0 Å². The highest BCUT2D eigenvalue weighted by atomic mass is 79.9. The van der Waals surface area contributed by atoms with Gasteiger partial charge < -0.3 is 24.1 Å². The molecular weight excluding hydrogens is 352 g/mol. The largest absolute Gasteiger partial charge is 0.502 e. The van der Waals surface area contributed by atoms with Crippen LogP contribution in [0.25, 0.3) is 11.1 Å². The average molecular weight is 369 g/mol. The van der Waals surface area contributed by atoms with Crippen LogP contribution in [-0.2, 0) is 0 Å². The summed E-state index contributed by atoms with van der Waals surface area (Å²) in [7, 11) is 6.14. The van der Waals surface area contributed by atoms with E-state index in [0.717, 1.165) is 15.6 Å². The van der Waals surface area contributed by atoms with Crippen LogP contribution in [0.15, 0.2) is 28.7 Å². The monoisotopic (exact) mass is 368 g/mol. The lowest BCUT2D eigenvalue weighted by atomic mass is 10.0. The van der Waals surface area contributed by atoms with E-state index in [0.29, 0.717) is 23.0 Å². The second-order valence-electron chi connectivity index (χ2n) is 4.42. The Hall–Kier alpha value is -2.08. The van der Waals surface area contributed by atoms with E-state index < -0.39 is 0 Å². The second kappa shape index (κ2) is 6.79. The first kappa shape index (κ1) is 16.3. The van der Waals surface area contributed by atoms with Crippen molar-refractivity contribution in [1.82, 2.24) is 0 Å². The first-order chi connectivity index (χ1) is 10.5. The molecule has 0 aromatic heterocycles. The van der Waals surface area contributed by atoms with Crippen molar-refractivity contribution >= 4 is 15.9 Å². The van der Waals surface area contributed by atoms with Crippen LogP contribution in [0.4, 0.5) is 0 Å². The molecule has 118 valence electrons. The molecular formula is C16H17BrO5. The molecule has 0 aliphatic rings. The van der Waals surface area contributed by atoms with E-state index in [4.69, 9.17) is 18.9 Å². The maximum atomic E-state index is 10.0. The number of phenols is 1. The van der Waals surface area contributed by atoms with Gasteiger partial charge in [-0.2, -0.15) is 0 Å². The fourth-order valence-electron chi connectivity index (χ4n) is 2.15. The molecule has 1 N–H and O–H groups in total. The lowest BCUT2D eigenvalue weighted by molar-refractivity contribution is 0.340. The van der Waals surface area contributed by atoms with Crippen molar-refractivity contribution in [1.29, 1.82) is 0 Å². The van der Waals surface area contributed by atoms with E-state index in [2.05, 4.69) is 15.9 Å². The zero-order valence-electron chi connectivity index (χ0n) is 12.8. The smallest absolute Gasteiger partial charge is 0.200 e. The first-order valence-electron chi connectivity index (χ1n) is 6.42. The molecule has 5 nitrogen and oxygen atoms in total. The first-order valence-corrected chi connectivity index (χ1v) is 7.21. The van der Waals surface area contributed by atoms with Crippen molar-refractivity contribution < 1.29 is 24.1 Å². The number of aromatic hydroxyl groups is 1. The summed E-state index contributed by atoms with van der Waals surface area (Å²) in [5.74, 6) is 1.89. The highest BCUT2D eigenvalue weighted by Gasteiger charge is 2.18. The van der Waals surface area contributed by atoms with Gasteiger partial charge in [0.15, 0.2) is 11.5 Å². The molecule has 0 fully saturated rings. The lowest BCUT2D eigenvalue weighted by Gasteiger charge is -2.16. The Morgan fingerprint density at radius 1 is 0.773 bits per heavy atom. The molecule has 0 radical (unpaired) electrons. The molecule has 0 atom stereocenters. The van der Waals surface area contributed by atoms with Gasteiger partial charge in [-0.25, -0.2) is 0 Å². The van der Waals surface area contributed by atoms with E-state index in [1.54, 1.807) is 32.4 Å². The minimum atomic E-state index is -0.0441. The molecule has 0 amide bonds. The number of hydrogen-bond acceptors (Lipinski definition) is 5. The molecule has 0 aliphatic carbocycles. The molecule has 2 aromatic rings. The van der Waals surface area contributed by atoms with Gasteiger partial charge in [-0.05, 0) is 39.7 Å². The van der Waals surface area contributed by atoms with Crippen LogP contribution in [0.3, 0.4) is 0 Å². The SMILES string of the molecule is COc1cc(Br)c(-c2cc(OC)c(O)c(OC)c2)c(OC)c1. The highest BCUT2D eigenvalue weighted by molar-refractivity contribution is 9.10. The molecule has 2 aromatic carbocycles. The third-order valence-corrected chi connectivity index (χ3v) is 3.88. The van der Waals surface area contributed by atoms with Gasteiger partial charge in [0, 0.05) is 16.1 Å². The normalized spacial score (nSPS) is 10.2. The summed E-state index contributed by atoms with van der Waals surface area (Å²) >= 11 is 3.52. The summed E-state index contributed by atoms with van der Waals surface area (Å²) in [4.78, 5) is 0. The number of ether oxygens (including phenoxy) is 4. The fourth-order valence-corrected chi connectivity index (χ4v) is 2.80. The molecule has 0 unspecified atom stereocenters. The number of phenolic OH excluding ortho intramolecular Hbond substituents is 1. The number of rotatable bonds is 5. The average Bonchev–Trinajstić information content (AvgIpc) is 2.54. The molecule has 0 saturated heterocycles. The van der Waals surface area contributed by atoms with Gasteiger partial charge in [-0.1, -0.05) is 0 Å². The summed E-state index contributed by atoms with van der Waals surface area (Å²) < 4.78 is 21.9. The van der Waals surface area contributed by atoms with E-state index >= 15 is 0 Å². The summed E-state index contributed by atoms with van der Waals surface area (Å²) in [5.41, 5.74) is 1.58. The molecule has 2 rings (SSSR count). The van der Waals surface area contributed by atoms with Gasteiger partial charge >= 0.3 is 0 Å². The molecule has 0 heterocycles. The minimum Gasteiger partial charge on any atom is -0.502 e. The zero-order chi connectivity index (χ0) is 16.3. The third-order valence-electron chi connectivity index (χ3n) is 3.25. The lowest BCUT2D eigenvalue weighted by Crippen LogP contribution is -1.94. The van der Waals surface area contributed by atoms with Gasteiger partial charge in [-0.3, -0.25) is 0 Å². The van der Waals surface area contributed by atoms with Crippen molar-refractivity contribution in [2.75, 3.05) is 28.4 Å². The molecule has 6 heteroatoms. The number of methoxy groups -OCH3 is 4. The Kier molecular flexibility index (Phi) is 5.03. The van der Waals surface area contributed by atoms with Crippen LogP contribution in [0.1, 0.15) is 0 Å². The van der Waals surface area contributed by atoms with Crippen molar-refractivity contribution in [3.05, 3.63) is 28.7 Å². The highest BCUT2D eigenvalue weighted by Crippen LogP contribution is 2.46. The Morgan fingerprint density at radius 3 is 1.77 bits per heavy atom.